The van der Waals surface area contributed by atoms with Crippen molar-refractivity contribution in [2.45, 2.75) is 13.1 Å². The highest BCUT2D eigenvalue weighted by Crippen LogP contribution is 2.20. The fourth-order valence-electron chi connectivity index (χ4n) is 1.45. The van der Waals surface area contributed by atoms with E-state index in [1.807, 2.05) is 0 Å². The number of anilines is 1. The highest BCUT2D eigenvalue weighted by atomic mass is 19.4. The number of carbonyl (C=O) groups is 1. The first-order valence-corrected chi connectivity index (χ1v) is 4.74. The van der Waals surface area contributed by atoms with E-state index in [1.54, 1.807) is 6.92 Å². The Morgan fingerprint density at radius 2 is 2.06 bits per heavy atom. The van der Waals surface area contributed by atoms with Crippen LogP contribution < -0.4 is 5.73 Å². The molecule has 0 saturated carbocycles. The summed E-state index contributed by atoms with van der Waals surface area (Å²) in [5, 5.41) is 3.87. The third kappa shape index (κ3) is 2.89. The molecule has 0 saturated heterocycles. The zero-order valence-corrected chi connectivity index (χ0v) is 9.67. The monoisotopic (exact) mass is 250 g/mol. The van der Waals surface area contributed by atoms with Gasteiger partial charge in [0.25, 0.3) is 5.91 Å². The van der Waals surface area contributed by atoms with Gasteiger partial charge in [-0.05, 0) is 6.92 Å². The number of nitrogens with zero attached hydrogens (tertiary/aromatic N) is 3. The predicted molar refractivity (Wildman–Crippen MR) is 55.4 cm³/mol. The molecule has 1 amide bonds. The Morgan fingerprint density at radius 1 is 1.53 bits per heavy atom. The van der Waals surface area contributed by atoms with Crippen LogP contribution in [0, 0.1) is 6.92 Å². The van der Waals surface area contributed by atoms with E-state index in [4.69, 9.17) is 5.73 Å². The molecular formula is C9H13F3N4O. The molecule has 2 N–H and O–H groups in total. The molecule has 1 aromatic rings. The van der Waals surface area contributed by atoms with Crippen molar-refractivity contribution in [3.63, 3.8) is 0 Å². The van der Waals surface area contributed by atoms with Gasteiger partial charge in [-0.25, -0.2) is 0 Å². The van der Waals surface area contributed by atoms with E-state index in [1.165, 1.54) is 11.7 Å². The molecular weight excluding hydrogens is 237 g/mol. The highest BCUT2D eigenvalue weighted by Gasteiger charge is 2.33. The molecule has 5 nitrogen and oxygen atoms in total. The molecule has 1 rings (SSSR count). The Kier molecular flexibility index (Phi) is 3.35. The first kappa shape index (κ1) is 13.3. The van der Waals surface area contributed by atoms with Crippen LogP contribution in [-0.4, -0.2) is 40.4 Å². The van der Waals surface area contributed by atoms with Gasteiger partial charge in [-0.1, -0.05) is 0 Å². The molecule has 0 aliphatic rings. The fourth-order valence-corrected chi connectivity index (χ4v) is 1.45. The van der Waals surface area contributed by atoms with Crippen LogP contribution in [0.15, 0.2) is 0 Å². The Hall–Kier alpha value is -1.73. The summed E-state index contributed by atoms with van der Waals surface area (Å²) in [7, 11) is 2.52. The van der Waals surface area contributed by atoms with E-state index in [9.17, 15) is 18.0 Å². The number of rotatable bonds is 2. The van der Waals surface area contributed by atoms with Crippen molar-refractivity contribution in [3.8, 4) is 0 Å². The number of amides is 1. The van der Waals surface area contributed by atoms with E-state index in [0.29, 0.717) is 10.6 Å². The van der Waals surface area contributed by atoms with E-state index in [-0.39, 0.29) is 11.4 Å². The van der Waals surface area contributed by atoms with Gasteiger partial charge < -0.3 is 10.6 Å². The fraction of sp³-hybridized carbons (Fsp3) is 0.556. The molecule has 0 atom stereocenters. The summed E-state index contributed by atoms with van der Waals surface area (Å²) in [5.41, 5.74) is 6.08. The third-order valence-corrected chi connectivity index (χ3v) is 2.23. The van der Waals surface area contributed by atoms with Crippen molar-refractivity contribution in [1.82, 2.24) is 14.7 Å². The third-order valence-electron chi connectivity index (χ3n) is 2.23. The minimum atomic E-state index is -4.44. The van der Waals surface area contributed by atoms with E-state index in [0.717, 1.165) is 7.05 Å². The lowest BCUT2D eigenvalue weighted by atomic mass is 10.3. The van der Waals surface area contributed by atoms with Crippen molar-refractivity contribution >= 4 is 11.6 Å². The van der Waals surface area contributed by atoms with Gasteiger partial charge in [0.05, 0.1) is 11.4 Å². The number of nitrogens with two attached hydrogens (primary N) is 1. The maximum Gasteiger partial charge on any atom is 0.406 e. The highest BCUT2D eigenvalue weighted by molar-refractivity contribution is 5.97. The predicted octanol–water partition coefficient (Wildman–Crippen LogP) is 0.945. The van der Waals surface area contributed by atoms with Crippen LogP contribution in [0.5, 0.6) is 0 Å². The van der Waals surface area contributed by atoms with Crippen molar-refractivity contribution in [1.29, 1.82) is 0 Å². The van der Waals surface area contributed by atoms with Crippen LogP contribution in [0.2, 0.25) is 0 Å². The molecule has 0 aliphatic carbocycles. The Bertz CT molecular complexity index is 438. The standard InChI is InChI=1S/C9H13F3N4O/c1-5-6(13)7(16(3)14-5)8(17)15(2)4-9(10,11)12/h4,13H2,1-3H3. The quantitative estimate of drug-likeness (QED) is 0.849. The maximum absolute atomic E-state index is 12.1. The summed E-state index contributed by atoms with van der Waals surface area (Å²) in [4.78, 5) is 12.3. The van der Waals surface area contributed by atoms with Gasteiger partial charge in [0, 0.05) is 14.1 Å². The molecule has 1 aromatic heterocycles. The van der Waals surface area contributed by atoms with Crippen LogP contribution in [0.1, 0.15) is 16.2 Å². The van der Waals surface area contributed by atoms with Crippen molar-refractivity contribution in [3.05, 3.63) is 11.4 Å². The minimum Gasteiger partial charge on any atom is -0.395 e. The number of alkyl halides is 3. The number of carbonyl (C=O) groups excluding carboxylic acids is 1. The Labute approximate surface area is 96.0 Å². The summed E-state index contributed by atoms with van der Waals surface area (Å²) in [6.45, 7) is 0.255. The number of nitrogen functional groups attached to an aromatic ring is 1. The zero-order valence-electron chi connectivity index (χ0n) is 9.67. The number of aryl methyl sites for hydroxylation is 2. The topological polar surface area (TPSA) is 64.2 Å². The van der Waals surface area contributed by atoms with Crippen LogP contribution in [0.4, 0.5) is 18.9 Å². The summed E-state index contributed by atoms with van der Waals surface area (Å²) in [6, 6.07) is 0. The van der Waals surface area contributed by atoms with Crippen LogP contribution >= 0.6 is 0 Å². The van der Waals surface area contributed by atoms with Crippen LogP contribution in [-0.2, 0) is 7.05 Å². The summed E-state index contributed by atoms with van der Waals surface area (Å²) < 4.78 is 37.6. The molecule has 0 aromatic carbocycles. The van der Waals surface area contributed by atoms with Gasteiger partial charge in [-0.2, -0.15) is 18.3 Å². The second kappa shape index (κ2) is 4.27. The normalized spacial score (nSPS) is 11.6. The Balaban J connectivity index is 2.97. The van der Waals surface area contributed by atoms with Crippen LogP contribution in [0.3, 0.4) is 0 Å². The molecule has 17 heavy (non-hydrogen) atoms. The maximum atomic E-state index is 12.1. The lowest BCUT2D eigenvalue weighted by molar-refractivity contribution is -0.138. The molecule has 8 heteroatoms. The first-order valence-electron chi connectivity index (χ1n) is 4.74. The van der Waals surface area contributed by atoms with Gasteiger partial charge in [0.2, 0.25) is 0 Å². The summed E-state index contributed by atoms with van der Waals surface area (Å²) in [6.07, 6.45) is -4.44. The van der Waals surface area contributed by atoms with E-state index < -0.39 is 18.6 Å². The van der Waals surface area contributed by atoms with Crippen molar-refractivity contribution < 1.29 is 18.0 Å². The zero-order chi connectivity index (χ0) is 13.4. The van der Waals surface area contributed by atoms with Crippen molar-refractivity contribution in [2.24, 2.45) is 7.05 Å². The van der Waals surface area contributed by atoms with Gasteiger partial charge in [0.15, 0.2) is 0 Å². The summed E-state index contributed by atoms with van der Waals surface area (Å²) in [5.74, 6) is -0.803. The molecule has 0 spiro atoms. The first-order chi connectivity index (χ1) is 7.63. The SMILES string of the molecule is Cc1nn(C)c(C(=O)N(C)CC(F)(F)F)c1N. The van der Waals surface area contributed by atoms with Crippen molar-refractivity contribution in [2.75, 3.05) is 19.3 Å². The number of hydrogen-bond acceptors (Lipinski definition) is 3. The lowest BCUT2D eigenvalue weighted by Crippen LogP contribution is -2.37. The van der Waals surface area contributed by atoms with Gasteiger partial charge in [0.1, 0.15) is 12.2 Å². The average molecular weight is 250 g/mol. The molecule has 0 unspecified atom stereocenters. The number of hydrogen-bond donors (Lipinski definition) is 1. The molecule has 1 heterocycles. The largest absolute Gasteiger partial charge is 0.406 e. The lowest BCUT2D eigenvalue weighted by Gasteiger charge is -2.19. The second-order valence-corrected chi connectivity index (χ2v) is 3.75. The number of aromatic nitrogens is 2. The van der Waals surface area contributed by atoms with E-state index in [2.05, 4.69) is 5.10 Å². The molecule has 0 radical (unpaired) electrons. The Morgan fingerprint density at radius 3 is 2.41 bits per heavy atom. The van der Waals surface area contributed by atoms with E-state index >= 15 is 0 Å². The molecule has 96 valence electrons. The van der Waals surface area contributed by atoms with Gasteiger partial charge in [-0.3, -0.25) is 9.48 Å². The summed E-state index contributed by atoms with van der Waals surface area (Å²) >= 11 is 0. The number of halogens is 3. The molecule has 0 fully saturated rings. The smallest absolute Gasteiger partial charge is 0.395 e. The average Bonchev–Trinajstić information content (AvgIpc) is 2.37. The van der Waals surface area contributed by atoms with Gasteiger partial charge >= 0.3 is 6.18 Å². The van der Waals surface area contributed by atoms with Gasteiger partial charge in [-0.15, -0.1) is 0 Å². The molecule has 0 aliphatic heterocycles. The molecule has 0 bridgehead atoms. The second-order valence-electron chi connectivity index (χ2n) is 3.75. The minimum absolute atomic E-state index is 0.0331. The van der Waals surface area contributed by atoms with Crippen LogP contribution in [0.25, 0.3) is 0 Å².